The van der Waals surface area contributed by atoms with Crippen molar-refractivity contribution in [2.75, 3.05) is 13.2 Å². The lowest BCUT2D eigenvalue weighted by Gasteiger charge is -2.21. The highest BCUT2D eigenvalue weighted by Crippen LogP contribution is 2.21. The lowest BCUT2D eigenvalue weighted by molar-refractivity contribution is -0.145. The molecule has 0 atom stereocenters. The molecule has 0 aliphatic rings. The van der Waals surface area contributed by atoms with Gasteiger partial charge in [0, 0.05) is 13.6 Å². The highest BCUT2D eigenvalue weighted by molar-refractivity contribution is 5.82. The average Bonchev–Trinajstić information content (AvgIpc) is 2.78. The predicted molar refractivity (Wildman–Crippen MR) is 87.7 cm³/mol. The molecule has 2 rings (SSSR count). The molecule has 0 bridgehead atoms. The summed E-state index contributed by atoms with van der Waals surface area (Å²) in [5, 5.41) is 13.3. The molecule has 7 heteroatoms. The van der Waals surface area contributed by atoms with Gasteiger partial charge in [-0.05, 0) is 19.4 Å². The maximum absolute atomic E-state index is 12.4. The van der Waals surface area contributed by atoms with E-state index in [1.165, 1.54) is 4.90 Å². The molecule has 128 valence electrons. The molecular formula is C17H21N3O4. The molecule has 0 unspecified atom stereocenters. The SMILES string of the molecule is Cc1nn(C)c(C)c1OCC(=O)N(CC(=O)O)Cc1ccccc1. The molecule has 0 fully saturated rings. The maximum Gasteiger partial charge on any atom is 0.323 e. The summed E-state index contributed by atoms with van der Waals surface area (Å²) in [7, 11) is 1.79. The van der Waals surface area contributed by atoms with Crippen molar-refractivity contribution in [1.29, 1.82) is 0 Å². The molecule has 0 aliphatic heterocycles. The standard InChI is InChI=1S/C17H21N3O4/c1-12-17(13(2)19(3)18-12)24-11-15(21)20(10-16(22)23)9-14-7-5-4-6-8-14/h4-8H,9-11H2,1-3H3,(H,22,23). The Morgan fingerprint density at radius 3 is 2.46 bits per heavy atom. The number of rotatable bonds is 7. The van der Waals surface area contributed by atoms with Crippen LogP contribution in [-0.4, -0.2) is 44.8 Å². The minimum Gasteiger partial charge on any atom is -0.480 e. The first-order valence-electron chi connectivity index (χ1n) is 7.55. The number of carbonyl (C=O) groups is 2. The summed E-state index contributed by atoms with van der Waals surface area (Å²) in [5.41, 5.74) is 2.37. The third-order valence-electron chi connectivity index (χ3n) is 3.68. The van der Waals surface area contributed by atoms with Gasteiger partial charge in [-0.15, -0.1) is 0 Å². The Bertz CT molecular complexity index is 725. The van der Waals surface area contributed by atoms with Crippen molar-refractivity contribution >= 4 is 11.9 Å². The first-order chi connectivity index (χ1) is 11.4. The van der Waals surface area contributed by atoms with Gasteiger partial charge in [-0.25, -0.2) is 0 Å². The van der Waals surface area contributed by atoms with Gasteiger partial charge < -0.3 is 14.7 Å². The Morgan fingerprint density at radius 2 is 1.92 bits per heavy atom. The van der Waals surface area contributed by atoms with Crippen LogP contribution in [0.1, 0.15) is 17.0 Å². The van der Waals surface area contributed by atoms with Crippen LogP contribution in [0.15, 0.2) is 30.3 Å². The minimum atomic E-state index is -1.06. The fourth-order valence-corrected chi connectivity index (χ4v) is 2.39. The lowest BCUT2D eigenvalue weighted by Crippen LogP contribution is -2.38. The van der Waals surface area contributed by atoms with E-state index in [0.717, 1.165) is 11.3 Å². The van der Waals surface area contributed by atoms with Crippen LogP contribution >= 0.6 is 0 Å². The van der Waals surface area contributed by atoms with Crippen LogP contribution in [0.25, 0.3) is 0 Å². The van der Waals surface area contributed by atoms with Crippen molar-refractivity contribution in [2.24, 2.45) is 7.05 Å². The second kappa shape index (κ2) is 7.63. The molecule has 2 aromatic rings. The molecule has 1 N–H and O–H groups in total. The van der Waals surface area contributed by atoms with E-state index < -0.39 is 5.97 Å². The molecule has 24 heavy (non-hydrogen) atoms. The Balaban J connectivity index is 2.06. The van der Waals surface area contributed by atoms with Crippen molar-refractivity contribution in [3.63, 3.8) is 0 Å². The van der Waals surface area contributed by atoms with Crippen LogP contribution in [0.3, 0.4) is 0 Å². The lowest BCUT2D eigenvalue weighted by atomic mass is 10.2. The number of carboxylic acids is 1. The molecule has 1 aromatic carbocycles. The van der Waals surface area contributed by atoms with Gasteiger partial charge in [-0.1, -0.05) is 30.3 Å². The van der Waals surface area contributed by atoms with Gasteiger partial charge >= 0.3 is 5.97 Å². The average molecular weight is 331 g/mol. The van der Waals surface area contributed by atoms with Crippen LogP contribution < -0.4 is 4.74 Å². The number of benzene rings is 1. The molecule has 0 radical (unpaired) electrons. The fourth-order valence-electron chi connectivity index (χ4n) is 2.39. The fraction of sp³-hybridized carbons (Fsp3) is 0.353. The third-order valence-corrected chi connectivity index (χ3v) is 3.68. The van der Waals surface area contributed by atoms with Crippen molar-refractivity contribution in [1.82, 2.24) is 14.7 Å². The van der Waals surface area contributed by atoms with Gasteiger partial charge in [0.25, 0.3) is 5.91 Å². The van der Waals surface area contributed by atoms with Crippen LogP contribution in [0.2, 0.25) is 0 Å². The zero-order valence-corrected chi connectivity index (χ0v) is 14.0. The summed E-state index contributed by atoms with van der Waals surface area (Å²) >= 11 is 0. The Morgan fingerprint density at radius 1 is 1.25 bits per heavy atom. The predicted octanol–water partition coefficient (Wildman–Crippen LogP) is 1.53. The Hall–Kier alpha value is -2.83. The first-order valence-corrected chi connectivity index (χ1v) is 7.55. The number of aromatic nitrogens is 2. The topological polar surface area (TPSA) is 84.7 Å². The Kier molecular flexibility index (Phi) is 5.57. The molecule has 0 aliphatic carbocycles. The number of hydrogen-bond donors (Lipinski definition) is 1. The number of carbonyl (C=O) groups excluding carboxylic acids is 1. The van der Waals surface area contributed by atoms with Crippen LogP contribution in [0.5, 0.6) is 5.75 Å². The molecule has 0 saturated heterocycles. The second-order valence-electron chi connectivity index (χ2n) is 5.54. The number of aliphatic carboxylic acids is 1. The summed E-state index contributed by atoms with van der Waals surface area (Å²) in [5.74, 6) is -0.891. The van der Waals surface area contributed by atoms with Crippen molar-refractivity contribution in [3.8, 4) is 5.75 Å². The van der Waals surface area contributed by atoms with Crippen molar-refractivity contribution < 1.29 is 19.4 Å². The summed E-state index contributed by atoms with van der Waals surface area (Å²) in [6, 6.07) is 9.25. The van der Waals surface area contributed by atoms with Gasteiger partial charge in [0.1, 0.15) is 12.2 Å². The van der Waals surface area contributed by atoms with Gasteiger partial charge in [-0.3, -0.25) is 14.3 Å². The molecular weight excluding hydrogens is 310 g/mol. The van der Waals surface area contributed by atoms with E-state index in [9.17, 15) is 9.59 Å². The van der Waals surface area contributed by atoms with Gasteiger partial charge in [-0.2, -0.15) is 5.10 Å². The van der Waals surface area contributed by atoms with Gasteiger partial charge in [0.15, 0.2) is 12.4 Å². The molecule has 1 aromatic heterocycles. The number of hydrogen-bond acceptors (Lipinski definition) is 4. The number of carboxylic acid groups (broad SMARTS) is 1. The second-order valence-corrected chi connectivity index (χ2v) is 5.54. The van der Waals surface area contributed by atoms with Gasteiger partial charge in [0.05, 0.1) is 5.69 Å². The number of ether oxygens (including phenoxy) is 1. The van der Waals surface area contributed by atoms with Crippen LogP contribution in [0.4, 0.5) is 0 Å². The number of nitrogens with zero attached hydrogens (tertiary/aromatic N) is 3. The van der Waals surface area contributed by atoms with E-state index >= 15 is 0 Å². The zero-order chi connectivity index (χ0) is 17.7. The summed E-state index contributed by atoms with van der Waals surface area (Å²) in [4.78, 5) is 24.7. The summed E-state index contributed by atoms with van der Waals surface area (Å²) in [6.45, 7) is 3.26. The van der Waals surface area contributed by atoms with E-state index in [0.29, 0.717) is 11.4 Å². The third kappa shape index (κ3) is 4.34. The van der Waals surface area contributed by atoms with Gasteiger partial charge in [0.2, 0.25) is 0 Å². The molecule has 0 saturated carbocycles. The normalized spacial score (nSPS) is 10.5. The van der Waals surface area contributed by atoms with Crippen LogP contribution in [0, 0.1) is 13.8 Å². The molecule has 7 nitrogen and oxygen atoms in total. The van der Waals surface area contributed by atoms with E-state index in [4.69, 9.17) is 9.84 Å². The number of aryl methyl sites for hydroxylation is 2. The largest absolute Gasteiger partial charge is 0.480 e. The zero-order valence-electron chi connectivity index (χ0n) is 14.0. The quantitative estimate of drug-likeness (QED) is 0.832. The van der Waals surface area contributed by atoms with E-state index in [1.54, 1.807) is 18.7 Å². The van der Waals surface area contributed by atoms with Crippen LogP contribution in [-0.2, 0) is 23.2 Å². The van der Waals surface area contributed by atoms with Crippen molar-refractivity contribution in [2.45, 2.75) is 20.4 Å². The highest BCUT2D eigenvalue weighted by Gasteiger charge is 2.19. The maximum atomic E-state index is 12.4. The molecule has 0 spiro atoms. The molecule has 1 heterocycles. The smallest absolute Gasteiger partial charge is 0.323 e. The minimum absolute atomic E-state index is 0.223. The first kappa shape index (κ1) is 17.5. The van der Waals surface area contributed by atoms with Crippen molar-refractivity contribution in [3.05, 3.63) is 47.3 Å². The summed E-state index contributed by atoms with van der Waals surface area (Å²) < 4.78 is 7.26. The highest BCUT2D eigenvalue weighted by atomic mass is 16.5. The summed E-state index contributed by atoms with van der Waals surface area (Å²) in [6.07, 6.45) is 0. The van der Waals surface area contributed by atoms with E-state index in [1.807, 2.05) is 37.3 Å². The monoisotopic (exact) mass is 331 g/mol. The Labute approximate surface area is 140 Å². The molecule has 1 amide bonds. The number of amides is 1. The van der Waals surface area contributed by atoms with E-state index in [2.05, 4.69) is 5.10 Å². The van der Waals surface area contributed by atoms with E-state index in [-0.39, 0.29) is 25.6 Å².